The molecule has 5 heteroatoms. The van der Waals surface area contributed by atoms with Crippen molar-refractivity contribution in [2.75, 3.05) is 0 Å². The Bertz CT molecular complexity index is 3200. The van der Waals surface area contributed by atoms with Gasteiger partial charge in [0.2, 0.25) is 0 Å². The van der Waals surface area contributed by atoms with Crippen molar-refractivity contribution in [1.82, 2.24) is 19.5 Å². The first-order chi connectivity index (χ1) is 26.7. The summed E-state index contributed by atoms with van der Waals surface area (Å²) in [5, 5.41) is 7.41. The maximum absolute atomic E-state index is 5.14. The van der Waals surface area contributed by atoms with Gasteiger partial charge in [-0.1, -0.05) is 115 Å². The molecule has 4 nitrogen and oxygen atoms in total. The maximum atomic E-state index is 5.14. The Labute approximate surface area is 315 Å². The average Bonchev–Trinajstić information content (AvgIpc) is 3.78. The van der Waals surface area contributed by atoms with E-state index in [9.17, 15) is 0 Å². The van der Waals surface area contributed by atoms with Crippen LogP contribution in [0.15, 0.2) is 182 Å². The summed E-state index contributed by atoms with van der Waals surface area (Å²) >= 11 is 1.81. The van der Waals surface area contributed by atoms with Crippen molar-refractivity contribution < 1.29 is 0 Å². The molecule has 0 saturated carbocycles. The zero-order valence-corrected chi connectivity index (χ0v) is 29.8. The van der Waals surface area contributed by atoms with Gasteiger partial charge in [0, 0.05) is 53.3 Å². The Kier molecular flexibility index (Phi) is 7.00. The number of rotatable bonds is 5. The van der Waals surface area contributed by atoms with E-state index in [1.54, 1.807) is 0 Å². The van der Waals surface area contributed by atoms with E-state index in [-0.39, 0.29) is 0 Å². The monoisotopic (exact) mass is 706 g/mol. The molecule has 0 unspecified atom stereocenters. The molecule has 11 rings (SSSR count). The van der Waals surface area contributed by atoms with E-state index in [4.69, 9.17) is 15.0 Å². The highest BCUT2D eigenvalue weighted by atomic mass is 32.1. The first-order valence-electron chi connectivity index (χ1n) is 18.1. The second-order valence-electron chi connectivity index (χ2n) is 13.7. The third-order valence-electron chi connectivity index (χ3n) is 10.4. The van der Waals surface area contributed by atoms with Crippen LogP contribution < -0.4 is 0 Å². The van der Waals surface area contributed by atoms with Crippen LogP contribution in [0.1, 0.15) is 0 Å². The summed E-state index contributed by atoms with van der Waals surface area (Å²) in [4.78, 5) is 15.3. The van der Waals surface area contributed by atoms with Crippen molar-refractivity contribution in [1.29, 1.82) is 0 Å². The van der Waals surface area contributed by atoms with Crippen LogP contribution in [-0.2, 0) is 0 Å². The summed E-state index contributed by atoms with van der Waals surface area (Å²) in [5.74, 6) is 1.93. The van der Waals surface area contributed by atoms with Gasteiger partial charge >= 0.3 is 0 Å². The van der Waals surface area contributed by atoms with Crippen LogP contribution in [0.5, 0.6) is 0 Å². The fourth-order valence-corrected chi connectivity index (χ4v) is 8.85. The van der Waals surface area contributed by atoms with E-state index in [0.717, 1.165) is 27.9 Å². The summed E-state index contributed by atoms with van der Waals surface area (Å²) in [7, 11) is 0. The molecule has 54 heavy (non-hydrogen) atoms. The molecule has 11 aromatic rings. The SMILES string of the molecule is c1ccc(-c2ccc(-c3nc(-c4ccc(-n5c6ccccc6c6cc7ccccc7cc65)cc4)nc(-c4ccc5sc6ccccc6c5c4)n3)cc2)cc1. The van der Waals surface area contributed by atoms with Crippen molar-refractivity contribution in [3.63, 3.8) is 0 Å². The highest BCUT2D eigenvalue weighted by molar-refractivity contribution is 7.25. The molecule has 0 aliphatic carbocycles. The Hall–Kier alpha value is -6.95. The van der Waals surface area contributed by atoms with Gasteiger partial charge < -0.3 is 4.57 Å². The highest BCUT2D eigenvalue weighted by Gasteiger charge is 2.17. The maximum Gasteiger partial charge on any atom is 0.164 e. The van der Waals surface area contributed by atoms with E-state index in [1.807, 2.05) is 17.4 Å². The van der Waals surface area contributed by atoms with Gasteiger partial charge in [0.05, 0.1) is 11.0 Å². The predicted octanol–water partition coefficient (Wildman–Crippen LogP) is 13.2. The minimum Gasteiger partial charge on any atom is -0.309 e. The van der Waals surface area contributed by atoms with Crippen LogP contribution in [0.2, 0.25) is 0 Å². The second-order valence-corrected chi connectivity index (χ2v) is 14.8. The van der Waals surface area contributed by atoms with Crippen LogP contribution >= 0.6 is 11.3 Å². The molecule has 0 aliphatic rings. The number of nitrogens with zero attached hydrogens (tertiary/aromatic N) is 4. The molecule has 3 aromatic heterocycles. The third kappa shape index (κ3) is 5.09. The molecule has 0 bridgehead atoms. The minimum atomic E-state index is 0.636. The molecular formula is C49H30N4S. The molecule has 0 radical (unpaired) electrons. The van der Waals surface area contributed by atoms with Gasteiger partial charge in [0.15, 0.2) is 17.5 Å². The number of aromatic nitrogens is 4. The lowest BCUT2D eigenvalue weighted by Crippen LogP contribution is -2.00. The lowest BCUT2D eigenvalue weighted by Gasteiger charge is -2.11. The molecule has 3 heterocycles. The first kappa shape index (κ1) is 30.7. The smallest absolute Gasteiger partial charge is 0.164 e. The lowest BCUT2D eigenvalue weighted by atomic mass is 10.0. The molecule has 0 fully saturated rings. The fraction of sp³-hybridized carbons (Fsp3) is 0. The summed E-state index contributed by atoms with van der Waals surface area (Å²) in [6, 6.07) is 64.5. The van der Waals surface area contributed by atoms with E-state index in [2.05, 4.69) is 180 Å². The fourth-order valence-electron chi connectivity index (χ4n) is 7.76. The van der Waals surface area contributed by atoms with Gasteiger partial charge in [-0.2, -0.15) is 0 Å². The highest BCUT2D eigenvalue weighted by Crippen LogP contribution is 2.38. The quantitative estimate of drug-likeness (QED) is 0.179. The van der Waals surface area contributed by atoms with Gasteiger partial charge in [-0.05, 0) is 88.6 Å². The zero-order valence-electron chi connectivity index (χ0n) is 29.0. The molecule has 0 N–H and O–H groups in total. The number of para-hydroxylation sites is 1. The summed E-state index contributed by atoms with van der Waals surface area (Å²) in [5.41, 5.74) is 8.60. The van der Waals surface area contributed by atoms with E-state index in [0.29, 0.717) is 17.5 Å². The van der Waals surface area contributed by atoms with Crippen molar-refractivity contribution in [3.8, 4) is 51.0 Å². The number of benzene rings is 8. The largest absolute Gasteiger partial charge is 0.309 e. The predicted molar refractivity (Wildman–Crippen MR) is 226 cm³/mol. The number of fused-ring (bicyclic) bond motifs is 7. The molecule has 0 saturated heterocycles. The van der Waals surface area contributed by atoms with Gasteiger partial charge in [-0.25, -0.2) is 15.0 Å². The van der Waals surface area contributed by atoms with Gasteiger partial charge in [0.25, 0.3) is 0 Å². The molecular weight excluding hydrogens is 677 g/mol. The molecule has 8 aromatic carbocycles. The zero-order chi connectivity index (χ0) is 35.6. The summed E-state index contributed by atoms with van der Waals surface area (Å²) in [6.45, 7) is 0. The second kappa shape index (κ2) is 12.3. The molecule has 0 atom stereocenters. The van der Waals surface area contributed by atoms with E-state index < -0.39 is 0 Å². The van der Waals surface area contributed by atoms with E-state index in [1.165, 1.54) is 58.3 Å². The minimum absolute atomic E-state index is 0.636. The molecule has 0 aliphatic heterocycles. The van der Waals surface area contributed by atoms with Crippen LogP contribution in [0.4, 0.5) is 0 Å². The molecule has 0 spiro atoms. The van der Waals surface area contributed by atoms with Crippen LogP contribution in [0.3, 0.4) is 0 Å². The van der Waals surface area contributed by atoms with Crippen LogP contribution in [0.25, 0.3) is 104 Å². The number of hydrogen-bond acceptors (Lipinski definition) is 4. The Morgan fingerprint density at radius 3 is 1.63 bits per heavy atom. The summed E-state index contributed by atoms with van der Waals surface area (Å²) < 4.78 is 4.89. The van der Waals surface area contributed by atoms with Crippen LogP contribution in [-0.4, -0.2) is 19.5 Å². The first-order valence-corrected chi connectivity index (χ1v) is 18.9. The van der Waals surface area contributed by atoms with E-state index >= 15 is 0 Å². The number of hydrogen-bond donors (Lipinski definition) is 0. The van der Waals surface area contributed by atoms with Crippen LogP contribution in [0, 0.1) is 0 Å². The Morgan fingerprint density at radius 2 is 0.870 bits per heavy atom. The van der Waals surface area contributed by atoms with Gasteiger partial charge in [-0.15, -0.1) is 11.3 Å². The van der Waals surface area contributed by atoms with Crippen molar-refractivity contribution in [2.24, 2.45) is 0 Å². The Balaban J connectivity index is 1.05. The molecule has 252 valence electrons. The lowest BCUT2D eigenvalue weighted by molar-refractivity contribution is 1.07. The molecule has 0 amide bonds. The van der Waals surface area contributed by atoms with Gasteiger partial charge in [0.1, 0.15) is 0 Å². The van der Waals surface area contributed by atoms with Crippen molar-refractivity contribution in [3.05, 3.63) is 182 Å². The van der Waals surface area contributed by atoms with Crippen molar-refractivity contribution >= 4 is 64.1 Å². The summed E-state index contributed by atoms with van der Waals surface area (Å²) in [6.07, 6.45) is 0. The average molecular weight is 707 g/mol. The van der Waals surface area contributed by atoms with Crippen molar-refractivity contribution in [2.45, 2.75) is 0 Å². The third-order valence-corrected chi connectivity index (χ3v) is 11.6. The number of thiophene rings is 1. The standard InChI is InChI=1S/C49H30N4S/c1-2-10-31(11-3-1)32-18-20-33(21-19-32)47-50-48(52-49(51-47)37-24-27-46-42(29-37)40-15-7-9-17-45(40)54-46)34-22-25-38(26-23-34)53-43-16-8-6-14-39(43)41-28-35-12-4-5-13-36(35)30-44(41)53/h1-30H. The Morgan fingerprint density at radius 1 is 0.333 bits per heavy atom. The topological polar surface area (TPSA) is 43.6 Å². The van der Waals surface area contributed by atoms with Gasteiger partial charge in [-0.3, -0.25) is 0 Å². The normalized spacial score (nSPS) is 11.7.